The lowest BCUT2D eigenvalue weighted by molar-refractivity contribution is 0.893. The molecule has 0 N–H and O–H groups in total. The Morgan fingerprint density at radius 2 is 0.882 bits per heavy atom. The van der Waals surface area contributed by atoms with Crippen LogP contribution in [0.5, 0.6) is 0 Å². The van der Waals surface area contributed by atoms with Gasteiger partial charge in [-0.1, -0.05) is 127 Å². The van der Waals surface area contributed by atoms with Gasteiger partial charge in [-0.15, -0.1) is 0 Å². The zero-order valence-corrected chi connectivity index (χ0v) is 27.0. The Labute approximate surface area is 299 Å². The minimum Gasteiger partial charge on any atom is -0.309 e. The standard InChI is InChI=1S/C45H28N6/c1-3-15-29(16-4-1)43-46-44(50-37-24-12-7-19-31(37)32-20-8-13-25-38(32)50)48-45(47-43)51-39-26-14-10-22-35(39)41-40(51)28-27-34-33-21-9-11-23-36(33)49(42(34)41)30-17-5-2-6-18-30/h1-28H/i2D,5D,6D,17D,18D. The van der Waals surface area contributed by atoms with E-state index in [1.165, 1.54) is 0 Å². The van der Waals surface area contributed by atoms with E-state index >= 15 is 0 Å². The van der Waals surface area contributed by atoms with Crippen molar-refractivity contribution in [2.45, 2.75) is 0 Å². The van der Waals surface area contributed by atoms with Gasteiger partial charge in [0.25, 0.3) is 0 Å². The quantitative estimate of drug-likeness (QED) is 0.189. The van der Waals surface area contributed by atoms with Gasteiger partial charge in [-0.2, -0.15) is 15.0 Å². The molecule has 0 unspecified atom stereocenters. The molecule has 6 heteroatoms. The molecule has 0 fully saturated rings. The molecule has 0 bridgehead atoms. The van der Waals surface area contributed by atoms with Crippen molar-refractivity contribution in [2.75, 3.05) is 0 Å². The zero-order valence-electron chi connectivity index (χ0n) is 32.0. The maximum atomic E-state index is 9.06. The summed E-state index contributed by atoms with van der Waals surface area (Å²) in [5.41, 5.74) is 5.94. The van der Waals surface area contributed by atoms with Crippen LogP contribution in [0.3, 0.4) is 0 Å². The van der Waals surface area contributed by atoms with Gasteiger partial charge in [0.1, 0.15) is 0 Å². The summed E-state index contributed by atoms with van der Waals surface area (Å²) in [6.07, 6.45) is 0. The molecule has 51 heavy (non-hydrogen) atoms. The summed E-state index contributed by atoms with van der Waals surface area (Å²) in [6, 6.07) is 44.5. The SMILES string of the molecule is [2H]c1c([2H])c([2H])c(-n2c3ccccc3c3ccc4c(c5ccccc5n4-c4nc(-c5ccccc5)nc(-n5c6ccccc6c6ccccc65)n4)c32)c([2H])c1[2H]. The van der Waals surface area contributed by atoms with Crippen molar-refractivity contribution in [3.05, 3.63) is 170 Å². The molecule has 11 aromatic rings. The first-order chi connectivity index (χ1) is 27.4. The zero-order chi connectivity index (χ0) is 37.8. The van der Waals surface area contributed by atoms with E-state index in [9.17, 15) is 0 Å². The Bertz CT molecular complexity index is 3360. The van der Waals surface area contributed by atoms with Crippen LogP contribution >= 0.6 is 0 Å². The molecule has 0 saturated heterocycles. The number of benzene rings is 7. The third kappa shape index (κ3) is 4.01. The van der Waals surface area contributed by atoms with E-state index in [0.717, 1.165) is 71.0 Å². The number of para-hydroxylation sites is 5. The highest BCUT2D eigenvalue weighted by molar-refractivity contribution is 6.26. The van der Waals surface area contributed by atoms with Crippen molar-refractivity contribution in [2.24, 2.45) is 0 Å². The Morgan fingerprint density at radius 1 is 0.392 bits per heavy atom. The van der Waals surface area contributed by atoms with Crippen molar-refractivity contribution in [3.63, 3.8) is 0 Å². The molecular weight excluding hydrogens is 625 g/mol. The molecule has 11 rings (SSSR count). The first-order valence-electron chi connectivity index (χ1n) is 19.2. The van der Waals surface area contributed by atoms with Gasteiger partial charge in [0.05, 0.1) is 40.0 Å². The van der Waals surface area contributed by atoms with Gasteiger partial charge in [0.15, 0.2) is 5.82 Å². The van der Waals surface area contributed by atoms with Gasteiger partial charge in [-0.3, -0.25) is 9.13 Å². The van der Waals surface area contributed by atoms with E-state index in [1.54, 1.807) is 0 Å². The molecule has 0 aliphatic heterocycles. The second kappa shape index (κ2) is 10.7. The Hall–Kier alpha value is -7.05. The van der Waals surface area contributed by atoms with Crippen LogP contribution in [0.15, 0.2) is 170 Å². The first-order valence-corrected chi connectivity index (χ1v) is 16.7. The summed E-state index contributed by atoms with van der Waals surface area (Å²) in [5.74, 6) is 1.38. The fourth-order valence-corrected chi connectivity index (χ4v) is 7.72. The Kier molecular flexibility index (Phi) is 4.91. The maximum absolute atomic E-state index is 9.06. The average Bonchev–Trinajstić information content (AvgIpc) is 3.88. The molecule has 0 aliphatic carbocycles. The molecule has 4 heterocycles. The van der Waals surface area contributed by atoms with Crippen LogP contribution < -0.4 is 0 Å². The van der Waals surface area contributed by atoms with Gasteiger partial charge in [-0.25, -0.2) is 0 Å². The second-order valence-corrected chi connectivity index (χ2v) is 12.5. The lowest BCUT2D eigenvalue weighted by Gasteiger charge is -2.12. The summed E-state index contributed by atoms with van der Waals surface area (Å²) >= 11 is 0. The van der Waals surface area contributed by atoms with Crippen molar-refractivity contribution in [1.82, 2.24) is 28.7 Å². The Balaban J connectivity index is 1.30. The Morgan fingerprint density at radius 3 is 1.51 bits per heavy atom. The number of hydrogen-bond donors (Lipinski definition) is 0. The van der Waals surface area contributed by atoms with Crippen LogP contribution in [0.1, 0.15) is 6.85 Å². The molecule has 0 amide bonds. The molecule has 7 aromatic carbocycles. The highest BCUT2D eigenvalue weighted by Gasteiger charge is 2.23. The maximum Gasteiger partial charge on any atom is 0.240 e. The van der Waals surface area contributed by atoms with Gasteiger partial charge in [-0.05, 0) is 42.4 Å². The van der Waals surface area contributed by atoms with Gasteiger partial charge in [0, 0.05) is 43.6 Å². The van der Waals surface area contributed by atoms with Crippen LogP contribution in [0.2, 0.25) is 0 Å². The fraction of sp³-hybridized carbons (Fsp3) is 0. The highest BCUT2D eigenvalue weighted by atomic mass is 15.3. The molecule has 6 nitrogen and oxygen atoms in total. The smallest absolute Gasteiger partial charge is 0.240 e. The number of fused-ring (bicyclic) bond motifs is 10. The minimum atomic E-state index is -0.436. The average molecular weight is 658 g/mol. The summed E-state index contributed by atoms with van der Waals surface area (Å²) in [7, 11) is 0. The van der Waals surface area contributed by atoms with Gasteiger partial charge >= 0.3 is 0 Å². The van der Waals surface area contributed by atoms with Crippen LogP contribution in [0, 0.1) is 0 Å². The lowest BCUT2D eigenvalue weighted by Crippen LogP contribution is -2.10. The third-order valence-electron chi connectivity index (χ3n) is 9.80. The number of nitrogens with zero attached hydrogens (tertiary/aromatic N) is 6. The van der Waals surface area contributed by atoms with E-state index in [1.807, 2.05) is 118 Å². The fourth-order valence-electron chi connectivity index (χ4n) is 7.72. The minimum absolute atomic E-state index is 0.0895. The van der Waals surface area contributed by atoms with Crippen molar-refractivity contribution >= 4 is 65.4 Å². The largest absolute Gasteiger partial charge is 0.309 e. The third-order valence-corrected chi connectivity index (χ3v) is 9.80. The van der Waals surface area contributed by atoms with Crippen LogP contribution in [0.25, 0.3) is 94.4 Å². The van der Waals surface area contributed by atoms with Gasteiger partial charge < -0.3 is 4.57 Å². The molecule has 4 aromatic heterocycles. The molecule has 0 radical (unpaired) electrons. The molecule has 0 saturated carbocycles. The van der Waals surface area contributed by atoms with Crippen LogP contribution in [0.4, 0.5) is 0 Å². The summed E-state index contributed by atoms with van der Waals surface area (Å²) in [6.45, 7) is 0. The van der Waals surface area contributed by atoms with Crippen molar-refractivity contribution < 1.29 is 6.85 Å². The van der Waals surface area contributed by atoms with Crippen molar-refractivity contribution in [1.29, 1.82) is 0 Å². The van der Waals surface area contributed by atoms with E-state index in [2.05, 4.69) is 34.9 Å². The van der Waals surface area contributed by atoms with E-state index in [-0.39, 0.29) is 17.8 Å². The van der Waals surface area contributed by atoms with E-state index in [0.29, 0.717) is 17.7 Å². The van der Waals surface area contributed by atoms with Gasteiger partial charge in [0.2, 0.25) is 11.9 Å². The van der Waals surface area contributed by atoms with Crippen LogP contribution in [-0.2, 0) is 0 Å². The molecular formula is C45H28N6. The van der Waals surface area contributed by atoms with E-state index in [4.69, 9.17) is 21.8 Å². The topological polar surface area (TPSA) is 53.5 Å². The van der Waals surface area contributed by atoms with Crippen LogP contribution in [-0.4, -0.2) is 28.7 Å². The molecule has 238 valence electrons. The van der Waals surface area contributed by atoms with E-state index < -0.39 is 18.1 Å². The summed E-state index contributed by atoms with van der Waals surface area (Å²) in [5, 5.41) is 5.69. The highest BCUT2D eigenvalue weighted by Crippen LogP contribution is 2.42. The number of hydrogen-bond acceptors (Lipinski definition) is 3. The normalized spacial score (nSPS) is 13.3. The molecule has 0 spiro atoms. The summed E-state index contributed by atoms with van der Waals surface area (Å²) < 4.78 is 49.6. The predicted molar refractivity (Wildman–Crippen MR) is 208 cm³/mol. The lowest BCUT2D eigenvalue weighted by atomic mass is 10.1. The first kappa shape index (κ1) is 23.3. The number of rotatable bonds is 4. The number of aromatic nitrogens is 6. The predicted octanol–water partition coefficient (Wildman–Crippen LogP) is 10.8. The second-order valence-electron chi connectivity index (χ2n) is 12.5. The monoisotopic (exact) mass is 657 g/mol. The molecule has 0 atom stereocenters. The van der Waals surface area contributed by atoms with Crippen molar-refractivity contribution in [3.8, 4) is 29.0 Å². The molecule has 0 aliphatic rings. The summed E-state index contributed by atoms with van der Waals surface area (Å²) in [4.78, 5) is 15.6.